The van der Waals surface area contributed by atoms with Crippen LogP contribution in [0.2, 0.25) is 0 Å². The summed E-state index contributed by atoms with van der Waals surface area (Å²) < 4.78 is 12.0. The van der Waals surface area contributed by atoms with Crippen molar-refractivity contribution in [1.29, 1.82) is 0 Å². The van der Waals surface area contributed by atoms with E-state index >= 15 is 0 Å². The third kappa shape index (κ3) is 4.48. The van der Waals surface area contributed by atoms with Gasteiger partial charge < -0.3 is 14.8 Å². The Morgan fingerprint density at radius 1 is 1.20 bits per heavy atom. The van der Waals surface area contributed by atoms with E-state index in [1.807, 2.05) is 43.3 Å². The number of nitrogens with zero attached hydrogens (tertiary/aromatic N) is 1. The number of carbonyl (C=O) groups excluding carboxylic acids is 1. The first-order valence-electron chi connectivity index (χ1n) is 8.08. The van der Waals surface area contributed by atoms with Gasteiger partial charge in [0.2, 0.25) is 5.91 Å². The number of aryl methyl sites for hydroxylation is 1. The molecule has 0 unspecified atom stereocenters. The zero-order chi connectivity index (χ0) is 17.6. The molecule has 0 saturated carbocycles. The number of aromatic nitrogens is 1. The molecule has 0 fully saturated rings. The van der Waals surface area contributed by atoms with Crippen LogP contribution in [-0.4, -0.2) is 24.6 Å². The minimum Gasteiger partial charge on any atom is -0.493 e. The molecule has 3 rings (SSSR count). The van der Waals surface area contributed by atoms with Crippen molar-refractivity contribution >= 4 is 32.6 Å². The SMILES string of the molecule is COc1ccccc1OCCCC(=O)Nc1nc2ccc(C)cc2s1. The number of amides is 1. The molecule has 130 valence electrons. The first-order valence-corrected chi connectivity index (χ1v) is 8.90. The molecule has 1 amide bonds. The lowest BCUT2D eigenvalue weighted by molar-refractivity contribution is -0.116. The maximum Gasteiger partial charge on any atom is 0.226 e. The molecule has 0 aliphatic rings. The van der Waals surface area contributed by atoms with Gasteiger partial charge in [0.05, 0.1) is 23.9 Å². The lowest BCUT2D eigenvalue weighted by Gasteiger charge is -2.09. The maximum atomic E-state index is 12.1. The van der Waals surface area contributed by atoms with Crippen molar-refractivity contribution in [2.45, 2.75) is 19.8 Å². The first kappa shape index (κ1) is 17.2. The number of benzene rings is 2. The maximum absolute atomic E-state index is 12.1. The van der Waals surface area contributed by atoms with Crippen LogP contribution in [0.25, 0.3) is 10.2 Å². The van der Waals surface area contributed by atoms with E-state index in [0.717, 1.165) is 10.2 Å². The highest BCUT2D eigenvalue weighted by molar-refractivity contribution is 7.22. The fraction of sp³-hybridized carbons (Fsp3) is 0.263. The van der Waals surface area contributed by atoms with E-state index in [-0.39, 0.29) is 5.91 Å². The minimum atomic E-state index is -0.0561. The Morgan fingerprint density at radius 3 is 2.80 bits per heavy atom. The van der Waals surface area contributed by atoms with Crippen molar-refractivity contribution in [3.8, 4) is 11.5 Å². The molecule has 3 aromatic rings. The van der Waals surface area contributed by atoms with Gasteiger partial charge in [-0.2, -0.15) is 0 Å². The molecule has 0 atom stereocenters. The third-order valence-corrected chi connectivity index (χ3v) is 4.60. The van der Waals surface area contributed by atoms with E-state index in [2.05, 4.69) is 16.4 Å². The van der Waals surface area contributed by atoms with Crippen molar-refractivity contribution in [1.82, 2.24) is 4.98 Å². The van der Waals surface area contributed by atoms with Gasteiger partial charge in [0.25, 0.3) is 0 Å². The molecule has 0 spiro atoms. The van der Waals surface area contributed by atoms with E-state index in [0.29, 0.717) is 36.1 Å². The average Bonchev–Trinajstić information content (AvgIpc) is 3.00. The van der Waals surface area contributed by atoms with Crippen LogP contribution in [0.4, 0.5) is 5.13 Å². The van der Waals surface area contributed by atoms with Gasteiger partial charge in [0, 0.05) is 6.42 Å². The number of methoxy groups -OCH3 is 1. The van der Waals surface area contributed by atoms with Crippen molar-refractivity contribution in [3.63, 3.8) is 0 Å². The standard InChI is InChI=1S/C19H20N2O3S/c1-13-9-10-14-17(12-13)25-19(20-14)21-18(22)8-5-11-24-16-7-4-3-6-15(16)23-2/h3-4,6-7,9-10,12H,5,8,11H2,1-2H3,(H,20,21,22). The van der Waals surface area contributed by atoms with E-state index in [1.54, 1.807) is 7.11 Å². The Hall–Kier alpha value is -2.60. The Labute approximate surface area is 150 Å². The number of ether oxygens (including phenoxy) is 2. The molecule has 0 radical (unpaired) electrons. The number of nitrogens with one attached hydrogen (secondary N) is 1. The second-order valence-electron chi connectivity index (χ2n) is 5.64. The van der Waals surface area contributed by atoms with Gasteiger partial charge in [0.1, 0.15) is 0 Å². The lowest BCUT2D eigenvalue weighted by atomic mass is 10.2. The second kappa shape index (κ2) is 7.98. The molecular formula is C19H20N2O3S. The fourth-order valence-electron chi connectivity index (χ4n) is 2.42. The van der Waals surface area contributed by atoms with E-state index < -0.39 is 0 Å². The number of anilines is 1. The third-order valence-electron chi connectivity index (χ3n) is 3.67. The first-order chi connectivity index (χ1) is 12.2. The molecule has 1 N–H and O–H groups in total. The Balaban J connectivity index is 1.47. The summed E-state index contributed by atoms with van der Waals surface area (Å²) in [4.78, 5) is 16.5. The predicted octanol–water partition coefficient (Wildman–Crippen LogP) is 4.41. The lowest BCUT2D eigenvalue weighted by Crippen LogP contribution is -2.12. The quantitative estimate of drug-likeness (QED) is 0.637. The van der Waals surface area contributed by atoms with Gasteiger partial charge >= 0.3 is 0 Å². The molecular weight excluding hydrogens is 336 g/mol. The summed E-state index contributed by atoms with van der Waals surface area (Å²) >= 11 is 1.49. The van der Waals surface area contributed by atoms with Crippen LogP contribution in [0.15, 0.2) is 42.5 Å². The summed E-state index contributed by atoms with van der Waals surface area (Å²) in [6.07, 6.45) is 0.998. The number of para-hydroxylation sites is 2. The molecule has 0 aliphatic carbocycles. The van der Waals surface area contributed by atoms with E-state index in [9.17, 15) is 4.79 Å². The summed E-state index contributed by atoms with van der Waals surface area (Å²) in [6, 6.07) is 13.5. The molecule has 0 bridgehead atoms. The minimum absolute atomic E-state index is 0.0561. The highest BCUT2D eigenvalue weighted by Crippen LogP contribution is 2.27. The van der Waals surface area contributed by atoms with Gasteiger partial charge in [-0.25, -0.2) is 4.98 Å². The van der Waals surface area contributed by atoms with Crippen LogP contribution in [-0.2, 0) is 4.79 Å². The van der Waals surface area contributed by atoms with Gasteiger partial charge in [-0.3, -0.25) is 4.79 Å². The van der Waals surface area contributed by atoms with Gasteiger partial charge in [-0.15, -0.1) is 0 Å². The van der Waals surface area contributed by atoms with Crippen molar-refractivity contribution in [3.05, 3.63) is 48.0 Å². The van der Waals surface area contributed by atoms with Crippen LogP contribution >= 0.6 is 11.3 Å². The molecule has 0 aliphatic heterocycles. The van der Waals surface area contributed by atoms with Gasteiger partial charge in [-0.1, -0.05) is 29.5 Å². The van der Waals surface area contributed by atoms with Crippen LogP contribution in [0.5, 0.6) is 11.5 Å². The zero-order valence-electron chi connectivity index (χ0n) is 14.2. The number of rotatable bonds is 7. The highest BCUT2D eigenvalue weighted by Gasteiger charge is 2.08. The zero-order valence-corrected chi connectivity index (χ0v) is 15.1. The molecule has 6 heteroatoms. The summed E-state index contributed by atoms with van der Waals surface area (Å²) in [5.41, 5.74) is 2.09. The second-order valence-corrected chi connectivity index (χ2v) is 6.67. The smallest absolute Gasteiger partial charge is 0.226 e. The van der Waals surface area contributed by atoms with Gasteiger partial charge in [-0.05, 0) is 43.2 Å². The monoisotopic (exact) mass is 356 g/mol. The van der Waals surface area contributed by atoms with Crippen LogP contribution in [0, 0.1) is 6.92 Å². The number of carbonyl (C=O) groups is 1. The fourth-order valence-corrected chi connectivity index (χ4v) is 3.40. The predicted molar refractivity (Wildman–Crippen MR) is 101 cm³/mol. The average molecular weight is 356 g/mol. The molecule has 25 heavy (non-hydrogen) atoms. The summed E-state index contributed by atoms with van der Waals surface area (Å²) in [6.45, 7) is 2.49. The molecule has 0 saturated heterocycles. The summed E-state index contributed by atoms with van der Waals surface area (Å²) in [7, 11) is 1.61. The molecule has 1 aromatic heterocycles. The van der Waals surface area contributed by atoms with Crippen LogP contribution in [0.1, 0.15) is 18.4 Å². The Kier molecular flexibility index (Phi) is 5.50. The summed E-state index contributed by atoms with van der Waals surface area (Å²) in [5.74, 6) is 1.32. The van der Waals surface area contributed by atoms with Crippen molar-refractivity contribution in [2.24, 2.45) is 0 Å². The number of hydrogen-bond acceptors (Lipinski definition) is 5. The normalized spacial score (nSPS) is 10.6. The highest BCUT2D eigenvalue weighted by atomic mass is 32.1. The molecule has 2 aromatic carbocycles. The number of thiazole rings is 1. The summed E-state index contributed by atoms with van der Waals surface area (Å²) in [5, 5.41) is 3.50. The van der Waals surface area contributed by atoms with Crippen molar-refractivity contribution in [2.75, 3.05) is 19.0 Å². The van der Waals surface area contributed by atoms with E-state index in [4.69, 9.17) is 9.47 Å². The van der Waals surface area contributed by atoms with E-state index in [1.165, 1.54) is 16.9 Å². The van der Waals surface area contributed by atoms with Gasteiger partial charge in [0.15, 0.2) is 16.6 Å². The number of fused-ring (bicyclic) bond motifs is 1. The number of hydrogen-bond donors (Lipinski definition) is 1. The largest absolute Gasteiger partial charge is 0.493 e. The van der Waals surface area contributed by atoms with Crippen LogP contribution < -0.4 is 14.8 Å². The Morgan fingerprint density at radius 2 is 2.00 bits per heavy atom. The Bertz CT molecular complexity index is 876. The van der Waals surface area contributed by atoms with Crippen molar-refractivity contribution < 1.29 is 14.3 Å². The topological polar surface area (TPSA) is 60.5 Å². The molecule has 1 heterocycles. The van der Waals surface area contributed by atoms with Crippen LogP contribution in [0.3, 0.4) is 0 Å². The molecule has 5 nitrogen and oxygen atoms in total.